The van der Waals surface area contributed by atoms with Crippen LogP contribution in [0.2, 0.25) is 0 Å². The van der Waals surface area contributed by atoms with Crippen LogP contribution in [-0.4, -0.2) is 0 Å². The highest BCUT2D eigenvalue weighted by molar-refractivity contribution is 5.37. The van der Waals surface area contributed by atoms with Gasteiger partial charge in [0.25, 0.3) is 0 Å². The first-order chi connectivity index (χ1) is 9.79. The third-order valence-corrected chi connectivity index (χ3v) is 4.30. The molecule has 104 valence electrons. The number of aryl methyl sites for hydroxylation is 1. The molecule has 2 aromatic carbocycles. The van der Waals surface area contributed by atoms with Gasteiger partial charge in [0.1, 0.15) is 0 Å². The van der Waals surface area contributed by atoms with Crippen LogP contribution in [0.1, 0.15) is 47.7 Å². The fraction of sp³-hybridized carbons (Fsp3) is 0.333. The molecule has 2 heteroatoms. The van der Waals surface area contributed by atoms with Crippen molar-refractivity contribution in [1.29, 1.82) is 0 Å². The van der Waals surface area contributed by atoms with E-state index < -0.39 is 0 Å². The molecule has 3 N–H and O–H groups in total. The Morgan fingerprint density at radius 3 is 2.40 bits per heavy atom. The lowest BCUT2D eigenvalue weighted by molar-refractivity contribution is 0.497. The topological polar surface area (TPSA) is 38.0 Å². The van der Waals surface area contributed by atoms with Crippen molar-refractivity contribution in [2.45, 2.75) is 38.4 Å². The molecule has 0 spiro atoms. The molecule has 0 heterocycles. The third kappa shape index (κ3) is 2.49. The molecule has 0 amide bonds. The Morgan fingerprint density at radius 1 is 1.00 bits per heavy atom. The van der Waals surface area contributed by atoms with Crippen LogP contribution in [0.25, 0.3) is 0 Å². The largest absolute Gasteiger partial charge is 0.324 e. The summed E-state index contributed by atoms with van der Waals surface area (Å²) in [5.74, 6) is 0. The zero-order chi connectivity index (χ0) is 13.9. The molecule has 3 rings (SSSR count). The van der Waals surface area contributed by atoms with E-state index in [0.717, 1.165) is 19.4 Å². The second-order valence-corrected chi connectivity index (χ2v) is 5.53. The Hall–Kier alpha value is -1.64. The van der Waals surface area contributed by atoms with Crippen molar-refractivity contribution in [1.82, 2.24) is 5.32 Å². The highest BCUT2D eigenvalue weighted by Gasteiger charge is 2.27. The number of rotatable bonds is 4. The third-order valence-electron chi connectivity index (χ3n) is 4.30. The summed E-state index contributed by atoms with van der Waals surface area (Å²) in [5, 5.41) is 3.68. The maximum atomic E-state index is 6.22. The van der Waals surface area contributed by atoms with Crippen molar-refractivity contribution in [3.63, 3.8) is 0 Å². The molecule has 0 aromatic heterocycles. The molecular weight excluding hydrogens is 244 g/mol. The second-order valence-electron chi connectivity index (χ2n) is 5.53. The standard InChI is InChI=1S/C18H22N2/c1-2-13-7-3-4-8-14(13)12-20-18-11-17(19)15-9-5-6-10-16(15)18/h3-10,17-18,20H,2,11-12,19H2,1H3. The van der Waals surface area contributed by atoms with Gasteiger partial charge in [-0.3, -0.25) is 0 Å². The molecule has 2 atom stereocenters. The first kappa shape index (κ1) is 13.3. The van der Waals surface area contributed by atoms with E-state index >= 15 is 0 Å². The summed E-state index contributed by atoms with van der Waals surface area (Å²) in [6.45, 7) is 3.12. The Kier molecular flexibility index (Phi) is 3.86. The van der Waals surface area contributed by atoms with Crippen LogP contribution in [0.4, 0.5) is 0 Å². The highest BCUT2D eigenvalue weighted by Crippen LogP contribution is 2.37. The van der Waals surface area contributed by atoms with Gasteiger partial charge in [-0.2, -0.15) is 0 Å². The summed E-state index contributed by atoms with van der Waals surface area (Å²) in [4.78, 5) is 0. The lowest BCUT2D eigenvalue weighted by Gasteiger charge is -2.16. The smallest absolute Gasteiger partial charge is 0.0344 e. The summed E-state index contributed by atoms with van der Waals surface area (Å²) < 4.78 is 0. The average molecular weight is 266 g/mol. The van der Waals surface area contributed by atoms with Gasteiger partial charge >= 0.3 is 0 Å². The van der Waals surface area contributed by atoms with Gasteiger partial charge in [0, 0.05) is 18.6 Å². The van der Waals surface area contributed by atoms with Crippen molar-refractivity contribution in [2.75, 3.05) is 0 Å². The molecule has 0 aliphatic heterocycles. The van der Waals surface area contributed by atoms with Gasteiger partial charge in [-0.05, 0) is 35.1 Å². The zero-order valence-electron chi connectivity index (χ0n) is 12.0. The quantitative estimate of drug-likeness (QED) is 0.889. The van der Waals surface area contributed by atoms with Gasteiger partial charge < -0.3 is 11.1 Å². The van der Waals surface area contributed by atoms with Crippen LogP contribution in [0.3, 0.4) is 0 Å². The summed E-state index contributed by atoms with van der Waals surface area (Å²) in [7, 11) is 0. The van der Waals surface area contributed by atoms with Crippen LogP contribution in [0.15, 0.2) is 48.5 Å². The summed E-state index contributed by atoms with van der Waals surface area (Å²) in [6, 6.07) is 17.7. The first-order valence-electron chi connectivity index (χ1n) is 7.44. The Morgan fingerprint density at radius 2 is 1.65 bits per heavy atom. The Balaban J connectivity index is 1.74. The number of hydrogen-bond acceptors (Lipinski definition) is 2. The lowest BCUT2D eigenvalue weighted by atomic mass is 10.0. The van der Waals surface area contributed by atoms with Crippen molar-refractivity contribution in [3.8, 4) is 0 Å². The molecule has 0 radical (unpaired) electrons. The van der Waals surface area contributed by atoms with Gasteiger partial charge in [0.05, 0.1) is 0 Å². The van der Waals surface area contributed by atoms with Crippen molar-refractivity contribution >= 4 is 0 Å². The molecule has 2 aromatic rings. The molecule has 1 aliphatic rings. The Labute approximate surface area is 121 Å². The van der Waals surface area contributed by atoms with E-state index in [9.17, 15) is 0 Å². The molecule has 2 nitrogen and oxygen atoms in total. The molecule has 0 saturated heterocycles. The number of nitrogens with one attached hydrogen (secondary N) is 1. The van der Waals surface area contributed by atoms with Crippen LogP contribution in [0, 0.1) is 0 Å². The van der Waals surface area contributed by atoms with Gasteiger partial charge in [-0.25, -0.2) is 0 Å². The van der Waals surface area contributed by atoms with Crippen molar-refractivity contribution < 1.29 is 0 Å². The number of nitrogens with two attached hydrogens (primary N) is 1. The van der Waals surface area contributed by atoms with E-state index in [-0.39, 0.29) is 6.04 Å². The van der Waals surface area contributed by atoms with Gasteiger partial charge in [0.2, 0.25) is 0 Å². The van der Waals surface area contributed by atoms with Crippen LogP contribution in [-0.2, 0) is 13.0 Å². The van der Waals surface area contributed by atoms with Crippen LogP contribution >= 0.6 is 0 Å². The predicted molar refractivity (Wildman–Crippen MR) is 83.4 cm³/mol. The molecule has 2 unspecified atom stereocenters. The zero-order valence-corrected chi connectivity index (χ0v) is 12.0. The molecule has 20 heavy (non-hydrogen) atoms. The van der Waals surface area contributed by atoms with Crippen molar-refractivity contribution in [3.05, 3.63) is 70.8 Å². The fourth-order valence-electron chi connectivity index (χ4n) is 3.18. The predicted octanol–water partition coefficient (Wildman–Crippen LogP) is 3.48. The van der Waals surface area contributed by atoms with Gasteiger partial charge in [-0.1, -0.05) is 55.5 Å². The monoisotopic (exact) mass is 266 g/mol. The van der Waals surface area contributed by atoms with E-state index in [1.54, 1.807) is 0 Å². The molecule has 0 saturated carbocycles. The molecular formula is C18H22N2. The van der Waals surface area contributed by atoms with E-state index in [4.69, 9.17) is 5.73 Å². The van der Waals surface area contributed by atoms with Gasteiger partial charge in [-0.15, -0.1) is 0 Å². The van der Waals surface area contributed by atoms with Crippen LogP contribution < -0.4 is 11.1 Å². The molecule has 0 bridgehead atoms. The minimum Gasteiger partial charge on any atom is -0.324 e. The number of hydrogen-bond donors (Lipinski definition) is 2. The fourth-order valence-corrected chi connectivity index (χ4v) is 3.18. The number of benzene rings is 2. The molecule has 1 aliphatic carbocycles. The summed E-state index contributed by atoms with van der Waals surface area (Å²) in [6.07, 6.45) is 2.08. The maximum Gasteiger partial charge on any atom is 0.0344 e. The first-order valence-corrected chi connectivity index (χ1v) is 7.44. The normalized spacial score (nSPS) is 20.9. The second kappa shape index (κ2) is 5.78. The lowest BCUT2D eigenvalue weighted by Crippen LogP contribution is -2.20. The summed E-state index contributed by atoms with van der Waals surface area (Å²) >= 11 is 0. The number of fused-ring (bicyclic) bond motifs is 1. The minimum absolute atomic E-state index is 0.171. The average Bonchev–Trinajstić information content (AvgIpc) is 2.82. The Bertz CT molecular complexity index is 591. The van der Waals surface area contributed by atoms with E-state index in [2.05, 4.69) is 60.8 Å². The van der Waals surface area contributed by atoms with E-state index in [1.165, 1.54) is 22.3 Å². The maximum absolute atomic E-state index is 6.22. The highest BCUT2D eigenvalue weighted by atomic mass is 14.9. The van der Waals surface area contributed by atoms with E-state index in [0.29, 0.717) is 6.04 Å². The van der Waals surface area contributed by atoms with Crippen molar-refractivity contribution in [2.24, 2.45) is 5.73 Å². The molecule has 0 fully saturated rings. The van der Waals surface area contributed by atoms with E-state index in [1.807, 2.05) is 0 Å². The van der Waals surface area contributed by atoms with Crippen LogP contribution in [0.5, 0.6) is 0 Å². The minimum atomic E-state index is 0.171. The summed E-state index contributed by atoms with van der Waals surface area (Å²) in [5.41, 5.74) is 11.7. The SMILES string of the molecule is CCc1ccccc1CNC1CC(N)c2ccccc21. The van der Waals surface area contributed by atoms with Gasteiger partial charge in [0.15, 0.2) is 0 Å².